The fraction of sp³-hybridized carbons (Fsp3) is 0.636. The highest BCUT2D eigenvalue weighted by molar-refractivity contribution is 8.00. The summed E-state index contributed by atoms with van der Waals surface area (Å²) < 4.78 is 34.7. The summed E-state index contributed by atoms with van der Waals surface area (Å²) in [4.78, 5) is 24.4. The van der Waals surface area contributed by atoms with E-state index in [9.17, 15) is 18.0 Å². The van der Waals surface area contributed by atoms with Crippen molar-refractivity contribution in [3.8, 4) is 0 Å². The molecule has 0 aliphatic rings. The molecule has 0 saturated heterocycles. The Morgan fingerprint density at radius 3 is 2.32 bits per heavy atom. The molecule has 9 heteroatoms. The van der Waals surface area contributed by atoms with Crippen LogP contribution in [-0.4, -0.2) is 56.0 Å². The van der Waals surface area contributed by atoms with Gasteiger partial charge in [0, 0.05) is 11.5 Å². The molecule has 1 N–H and O–H groups in total. The number of nitrogens with one attached hydrogen (secondary N) is 1. The molecule has 1 atom stereocenters. The zero-order chi connectivity index (χ0) is 23.5. The lowest BCUT2D eigenvalue weighted by molar-refractivity contribution is -0.157. The van der Waals surface area contributed by atoms with Gasteiger partial charge in [0.2, 0.25) is 0 Å². The van der Waals surface area contributed by atoms with Crippen molar-refractivity contribution >= 4 is 33.7 Å². The molecule has 0 aromatic heterocycles. The largest absolute Gasteiger partial charge is 0.458 e. The topological polar surface area (TPSA) is 98.8 Å². The smallest absolute Gasteiger partial charge is 0.407 e. The molecule has 0 radical (unpaired) electrons. The number of alkyl carbamates (subject to hydrolysis) is 1. The Labute approximate surface area is 190 Å². The second-order valence-electron chi connectivity index (χ2n) is 8.69. The van der Waals surface area contributed by atoms with Crippen LogP contribution < -0.4 is 5.32 Å². The van der Waals surface area contributed by atoms with Gasteiger partial charge in [0.15, 0.2) is 9.84 Å². The Hall–Kier alpha value is -1.74. The van der Waals surface area contributed by atoms with Crippen molar-refractivity contribution in [1.82, 2.24) is 5.32 Å². The van der Waals surface area contributed by atoms with Crippen LogP contribution in [-0.2, 0) is 29.9 Å². The van der Waals surface area contributed by atoms with E-state index < -0.39 is 33.5 Å². The van der Waals surface area contributed by atoms with E-state index in [1.807, 2.05) is 44.2 Å². The van der Waals surface area contributed by atoms with Gasteiger partial charge in [0.25, 0.3) is 0 Å². The molecule has 0 saturated carbocycles. The number of ether oxygens (including phenoxy) is 2. The zero-order valence-electron chi connectivity index (χ0n) is 19.1. The van der Waals surface area contributed by atoms with Gasteiger partial charge in [-0.3, -0.25) is 0 Å². The van der Waals surface area contributed by atoms with Gasteiger partial charge in [-0.25, -0.2) is 18.0 Å². The lowest BCUT2D eigenvalue weighted by Crippen LogP contribution is -2.45. The van der Waals surface area contributed by atoms with Crippen LogP contribution >= 0.6 is 11.8 Å². The number of esters is 1. The maximum Gasteiger partial charge on any atom is 0.407 e. The van der Waals surface area contributed by atoms with Gasteiger partial charge in [-0.05, 0) is 38.7 Å². The number of rotatable bonds is 12. The van der Waals surface area contributed by atoms with E-state index in [4.69, 9.17) is 9.47 Å². The minimum Gasteiger partial charge on any atom is -0.458 e. The maximum absolute atomic E-state index is 12.3. The molecule has 0 bridgehead atoms. The second kappa shape index (κ2) is 13.0. The van der Waals surface area contributed by atoms with Crippen molar-refractivity contribution in [3.63, 3.8) is 0 Å². The molecular formula is C22H35NO6S2. The van der Waals surface area contributed by atoms with Gasteiger partial charge in [0.05, 0.1) is 11.5 Å². The van der Waals surface area contributed by atoms with E-state index in [0.29, 0.717) is 12.2 Å². The van der Waals surface area contributed by atoms with Crippen molar-refractivity contribution in [2.75, 3.05) is 23.9 Å². The number of carbonyl (C=O) groups is 2. The Morgan fingerprint density at radius 2 is 1.74 bits per heavy atom. The van der Waals surface area contributed by atoms with Crippen LogP contribution in [0.25, 0.3) is 0 Å². The van der Waals surface area contributed by atoms with Crippen molar-refractivity contribution in [1.29, 1.82) is 0 Å². The number of carbonyl (C=O) groups excluding carboxylic acids is 2. The van der Waals surface area contributed by atoms with Gasteiger partial charge in [-0.2, -0.15) is 11.8 Å². The normalized spacial score (nSPS) is 13.0. The van der Waals surface area contributed by atoms with E-state index in [2.05, 4.69) is 5.32 Å². The molecule has 176 valence electrons. The minimum atomic E-state index is -3.34. The number of sulfone groups is 1. The van der Waals surface area contributed by atoms with Crippen LogP contribution in [0.15, 0.2) is 30.3 Å². The highest BCUT2D eigenvalue weighted by Gasteiger charge is 2.28. The van der Waals surface area contributed by atoms with Crippen LogP contribution in [0.1, 0.15) is 46.6 Å². The minimum absolute atomic E-state index is 0.0172. The summed E-state index contributed by atoms with van der Waals surface area (Å²) in [5, 5.41) is 2.49. The Morgan fingerprint density at radius 1 is 1.10 bits per heavy atom. The first-order chi connectivity index (χ1) is 14.4. The summed E-state index contributed by atoms with van der Waals surface area (Å²) in [7, 11) is -3.34. The molecule has 0 fully saturated rings. The summed E-state index contributed by atoms with van der Waals surface area (Å²) >= 11 is 1.54. The Balaban J connectivity index is 2.38. The third-order valence-electron chi connectivity index (χ3n) is 3.97. The highest BCUT2D eigenvalue weighted by atomic mass is 32.2. The predicted molar refractivity (Wildman–Crippen MR) is 125 cm³/mol. The lowest BCUT2D eigenvalue weighted by atomic mass is 10.0. The fourth-order valence-corrected chi connectivity index (χ4v) is 5.16. The van der Waals surface area contributed by atoms with Crippen molar-refractivity contribution in [3.05, 3.63) is 35.9 Å². The molecule has 7 nitrogen and oxygen atoms in total. The first-order valence-electron chi connectivity index (χ1n) is 10.4. The van der Waals surface area contributed by atoms with Crippen LogP contribution in [0.4, 0.5) is 4.79 Å². The van der Waals surface area contributed by atoms with Crippen LogP contribution in [0.5, 0.6) is 0 Å². The summed E-state index contributed by atoms with van der Waals surface area (Å²) in [5.74, 6) is 0.583. The average Bonchev–Trinajstić information content (AvgIpc) is 2.63. The third kappa shape index (κ3) is 13.3. The Kier molecular flexibility index (Phi) is 11.4. The van der Waals surface area contributed by atoms with Gasteiger partial charge < -0.3 is 14.8 Å². The van der Waals surface area contributed by atoms with Crippen molar-refractivity contribution in [2.45, 2.75) is 58.4 Å². The molecule has 0 aliphatic heterocycles. The van der Waals surface area contributed by atoms with Crippen molar-refractivity contribution in [2.24, 2.45) is 5.92 Å². The molecule has 0 spiro atoms. The number of benzene rings is 1. The SMILES string of the molecule is CC(C)C[C@H](NC(=O)OCCS(=O)(=O)CCSCc1ccccc1)C(=O)OC(C)(C)C. The van der Waals surface area contributed by atoms with E-state index >= 15 is 0 Å². The highest BCUT2D eigenvalue weighted by Crippen LogP contribution is 2.14. The fourth-order valence-electron chi connectivity index (χ4n) is 2.56. The molecule has 1 aromatic rings. The molecule has 1 rings (SSSR count). The molecule has 0 unspecified atom stereocenters. The molecular weight excluding hydrogens is 438 g/mol. The predicted octanol–water partition coefficient (Wildman–Crippen LogP) is 3.82. The summed E-state index contributed by atoms with van der Waals surface area (Å²) in [6.45, 7) is 8.83. The van der Waals surface area contributed by atoms with Gasteiger partial charge >= 0.3 is 12.1 Å². The van der Waals surface area contributed by atoms with Gasteiger partial charge in [-0.1, -0.05) is 44.2 Å². The van der Waals surface area contributed by atoms with Gasteiger partial charge in [-0.15, -0.1) is 0 Å². The summed E-state index contributed by atoms with van der Waals surface area (Å²) in [5.41, 5.74) is 0.468. The number of amides is 1. The van der Waals surface area contributed by atoms with E-state index in [1.54, 1.807) is 32.5 Å². The average molecular weight is 474 g/mol. The quantitative estimate of drug-likeness (QED) is 0.364. The maximum atomic E-state index is 12.3. The summed E-state index contributed by atoms with van der Waals surface area (Å²) in [6, 6.07) is 8.98. The van der Waals surface area contributed by atoms with Gasteiger partial charge in [0.1, 0.15) is 18.2 Å². The lowest BCUT2D eigenvalue weighted by Gasteiger charge is -2.25. The standard InChI is InChI=1S/C22H35NO6S2/c1-17(2)15-19(20(24)29-22(3,4)5)23-21(25)28-11-13-31(26,27)14-12-30-16-18-9-7-6-8-10-18/h6-10,17,19H,11-16H2,1-5H3,(H,23,25)/t19-/m0/s1. The second-order valence-corrected chi connectivity index (χ2v) is 12.1. The van der Waals surface area contributed by atoms with Crippen LogP contribution in [0.3, 0.4) is 0 Å². The first kappa shape index (κ1) is 27.3. The van der Waals surface area contributed by atoms with E-state index in [-0.39, 0.29) is 24.0 Å². The third-order valence-corrected chi connectivity index (χ3v) is 6.87. The zero-order valence-corrected chi connectivity index (χ0v) is 20.7. The summed E-state index contributed by atoms with van der Waals surface area (Å²) in [6.07, 6.45) is -0.439. The van der Waals surface area contributed by atoms with Crippen molar-refractivity contribution < 1.29 is 27.5 Å². The van der Waals surface area contributed by atoms with Crippen LogP contribution in [0.2, 0.25) is 0 Å². The first-order valence-corrected chi connectivity index (χ1v) is 13.3. The molecule has 1 aromatic carbocycles. The molecule has 0 aliphatic carbocycles. The van der Waals surface area contributed by atoms with E-state index in [0.717, 1.165) is 11.3 Å². The van der Waals surface area contributed by atoms with E-state index in [1.165, 1.54) is 0 Å². The Bertz CT molecular complexity index is 788. The number of hydrogen-bond donors (Lipinski definition) is 1. The molecule has 0 heterocycles. The number of hydrogen-bond acceptors (Lipinski definition) is 7. The van der Waals surface area contributed by atoms with Crippen LogP contribution in [0, 0.1) is 5.92 Å². The molecule has 31 heavy (non-hydrogen) atoms. The number of thioether (sulfide) groups is 1. The monoisotopic (exact) mass is 473 g/mol. The molecule has 1 amide bonds.